The third kappa shape index (κ3) is 17.9. The molecule has 7 N–H and O–H groups in total. The molecular formula is C42H71N5O11. The number of aliphatic hydroxyl groups excluding tert-OH is 5. The number of rotatable bonds is 33. The van der Waals surface area contributed by atoms with E-state index in [0.29, 0.717) is 24.2 Å². The quantitative estimate of drug-likeness (QED) is 0.0179. The van der Waals surface area contributed by atoms with E-state index in [1.54, 1.807) is 12.1 Å². The maximum atomic E-state index is 13.0. The normalized spacial score (nSPS) is 20.8. The van der Waals surface area contributed by atoms with Gasteiger partial charge in [-0.05, 0) is 42.1 Å². The second-order valence-electron chi connectivity index (χ2n) is 15.7. The number of aromatic nitrogens is 2. The molecule has 0 spiro atoms. The molecule has 1 saturated heterocycles. The standard InChI is InChI=1S/C42H71N5O11/c1-2-3-4-5-6-7-8-9-10-12-15-18-21-24-34(49)32(30-56-42-41(53)40(52)39(51)35(29-48)57-42)44-36(50)25-22-19-16-13-11-14-17-20-23-28-43-31-26-27-33(47(54)55)38-37(31)45-58-46-38/h21,24,26-27,32,34-35,39-43,48-49,51-53H,2-20,22-23,25,28-30H2,1H3,(H,44,50)/b24-21+/t32-,34+,35+,39+,40-,41+,42+/m0/s1. The molecule has 1 amide bonds. The molecule has 330 valence electrons. The zero-order valence-electron chi connectivity index (χ0n) is 34.6. The fraction of sp³-hybridized carbons (Fsp3) is 0.786. The number of nitro groups is 1. The van der Waals surface area contributed by atoms with Crippen molar-refractivity contribution < 1.29 is 49.4 Å². The highest BCUT2D eigenvalue weighted by Gasteiger charge is 2.44. The average Bonchev–Trinajstić information content (AvgIpc) is 3.71. The Morgan fingerprint density at radius 2 is 1.43 bits per heavy atom. The minimum atomic E-state index is -1.59. The zero-order chi connectivity index (χ0) is 42.0. The first-order chi connectivity index (χ1) is 28.2. The van der Waals surface area contributed by atoms with Gasteiger partial charge in [0.1, 0.15) is 24.4 Å². The van der Waals surface area contributed by atoms with Gasteiger partial charge in [0.2, 0.25) is 11.4 Å². The lowest BCUT2D eigenvalue weighted by atomic mass is 9.99. The zero-order valence-corrected chi connectivity index (χ0v) is 34.6. The molecule has 16 nitrogen and oxygen atoms in total. The summed E-state index contributed by atoms with van der Waals surface area (Å²) >= 11 is 0. The Labute approximate surface area is 343 Å². The third-order valence-electron chi connectivity index (χ3n) is 10.8. The van der Waals surface area contributed by atoms with Gasteiger partial charge in [-0.25, -0.2) is 4.63 Å². The number of allylic oxidation sites excluding steroid dienone is 1. The number of hydrogen-bond donors (Lipinski definition) is 7. The predicted octanol–water partition coefficient (Wildman–Crippen LogP) is 6.36. The number of ether oxygens (including phenoxy) is 2. The molecule has 7 atom stereocenters. The first-order valence-corrected chi connectivity index (χ1v) is 21.9. The summed E-state index contributed by atoms with van der Waals surface area (Å²) in [4.78, 5) is 23.6. The number of amides is 1. The van der Waals surface area contributed by atoms with Crippen LogP contribution < -0.4 is 10.6 Å². The number of hydrogen-bond acceptors (Lipinski definition) is 14. The summed E-state index contributed by atoms with van der Waals surface area (Å²) in [6, 6.07) is 2.17. The molecule has 0 radical (unpaired) electrons. The molecule has 0 unspecified atom stereocenters. The van der Waals surface area contributed by atoms with E-state index in [0.717, 1.165) is 70.6 Å². The van der Waals surface area contributed by atoms with E-state index in [2.05, 4.69) is 27.9 Å². The smallest absolute Gasteiger partial charge is 0.300 e. The van der Waals surface area contributed by atoms with Gasteiger partial charge >= 0.3 is 5.69 Å². The largest absolute Gasteiger partial charge is 0.394 e. The maximum Gasteiger partial charge on any atom is 0.300 e. The number of aliphatic hydroxyl groups is 5. The number of non-ortho nitro benzene ring substituents is 1. The van der Waals surface area contributed by atoms with E-state index >= 15 is 0 Å². The molecule has 3 rings (SSSR count). The number of nitrogens with one attached hydrogen (secondary N) is 2. The number of carbonyl (C=O) groups excluding carboxylic acids is 1. The minimum absolute atomic E-state index is 0.131. The number of fused-ring (bicyclic) bond motifs is 1. The third-order valence-corrected chi connectivity index (χ3v) is 10.8. The van der Waals surface area contributed by atoms with Crippen LogP contribution in [0.4, 0.5) is 11.4 Å². The number of anilines is 1. The summed E-state index contributed by atoms with van der Waals surface area (Å²) in [6.07, 6.45) is 19.1. The number of nitrogens with zero attached hydrogens (tertiary/aromatic N) is 3. The Morgan fingerprint density at radius 1 is 0.845 bits per heavy atom. The van der Waals surface area contributed by atoms with Crippen LogP contribution in [0.3, 0.4) is 0 Å². The molecule has 16 heteroatoms. The monoisotopic (exact) mass is 822 g/mol. The summed E-state index contributed by atoms with van der Waals surface area (Å²) in [7, 11) is 0. The van der Waals surface area contributed by atoms with Gasteiger partial charge in [0.15, 0.2) is 11.8 Å². The van der Waals surface area contributed by atoms with E-state index in [4.69, 9.17) is 14.1 Å². The summed E-state index contributed by atoms with van der Waals surface area (Å²) in [6.45, 7) is 2.12. The lowest BCUT2D eigenvalue weighted by Crippen LogP contribution is -2.60. The first kappa shape index (κ1) is 49.1. The van der Waals surface area contributed by atoms with E-state index in [1.807, 2.05) is 6.08 Å². The van der Waals surface area contributed by atoms with Crippen LogP contribution in [-0.2, 0) is 14.3 Å². The minimum Gasteiger partial charge on any atom is -0.394 e. The van der Waals surface area contributed by atoms with Crippen molar-refractivity contribution in [3.8, 4) is 0 Å². The molecule has 0 saturated carbocycles. The lowest BCUT2D eigenvalue weighted by Gasteiger charge is -2.40. The van der Waals surface area contributed by atoms with Crippen LogP contribution in [0.25, 0.3) is 11.0 Å². The molecule has 2 heterocycles. The van der Waals surface area contributed by atoms with Crippen LogP contribution in [0.1, 0.15) is 148 Å². The van der Waals surface area contributed by atoms with Crippen molar-refractivity contribution in [1.29, 1.82) is 0 Å². The summed E-state index contributed by atoms with van der Waals surface area (Å²) in [5, 5.41) is 76.0. The van der Waals surface area contributed by atoms with Crippen molar-refractivity contribution in [2.45, 2.75) is 191 Å². The molecule has 1 aromatic heterocycles. The molecule has 0 aliphatic carbocycles. The lowest BCUT2D eigenvalue weighted by molar-refractivity contribution is -0.383. The fourth-order valence-electron chi connectivity index (χ4n) is 7.22. The number of unbranched alkanes of at least 4 members (excludes halogenated alkanes) is 19. The Hall–Kier alpha value is -3.25. The highest BCUT2D eigenvalue weighted by atomic mass is 16.7. The first-order valence-electron chi connectivity index (χ1n) is 21.9. The molecule has 1 aliphatic heterocycles. The summed E-state index contributed by atoms with van der Waals surface area (Å²) in [5.41, 5.74) is 0.999. The Bertz CT molecular complexity index is 1440. The second kappa shape index (κ2) is 29.1. The highest BCUT2D eigenvalue weighted by Crippen LogP contribution is 2.29. The van der Waals surface area contributed by atoms with Crippen LogP contribution in [0.5, 0.6) is 0 Å². The van der Waals surface area contributed by atoms with E-state index < -0.39 is 54.4 Å². The van der Waals surface area contributed by atoms with Gasteiger partial charge in [0, 0.05) is 19.0 Å². The summed E-state index contributed by atoms with van der Waals surface area (Å²) < 4.78 is 15.9. The van der Waals surface area contributed by atoms with E-state index in [9.17, 15) is 40.4 Å². The van der Waals surface area contributed by atoms with Gasteiger partial charge in [0.05, 0.1) is 36.0 Å². The Balaban J connectivity index is 1.30. The van der Waals surface area contributed by atoms with Crippen molar-refractivity contribution in [1.82, 2.24) is 15.6 Å². The van der Waals surface area contributed by atoms with E-state index in [-0.39, 0.29) is 30.1 Å². The molecular weight excluding hydrogens is 750 g/mol. The van der Waals surface area contributed by atoms with Gasteiger partial charge in [-0.3, -0.25) is 14.9 Å². The maximum absolute atomic E-state index is 13.0. The molecule has 2 aromatic rings. The van der Waals surface area contributed by atoms with Crippen molar-refractivity contribution >= 4 is 28.3 Å². The molecule has 0 bridgehead atoms. The van der Waals surface area contributed by atoms with Crippen molar-refractivity contribution in [2.24, 2.45) is 0 Å². The fourth-order valence-corrected chi connectivity index (χ4v) is 7.22. The van der Waals surface area contributed by atoms with Crippen LogP contribution in [0, 0.1) is 10.1 Å². The van der Waals surface area contributed by atoms with Crippen LogP contribution in [0.2, 0.25) is 0 Å². The van der Waals surface area contributed by atoms with E-state index in [1.165, 1.54) is 63.9 Å². The number of nitro benzene ring substituents is 1. The molecule has 1 aromatic carbocycles. The van der Waals surface area contributed by atoms with Crippen LogP contribution >= 0.6 is 0 Å². The van der Waals surface area contributed by atoms with Crippen LogP contribution in [0.15, 0.2) is 28.9 Å². The SMILES string of the molecule is CCCCCCCCCCCCC/C=C/[C@@H](O)[C@H](CO[C@@H]1O[C@H](CO)[C@@H](O)[C@H](O)[C@H]1O)NC(=O)CCCCCCCCCCCNc1ccc([N+](=O)[O-])c2nonc12. The Kier molecular flexibility index (Phi) is 24.6. The highest BCUT2D eigenvalue weighted by molar-refractivity contribution is 5.93. The summed E-state index contributed by atoms with van der Waals surface area (Å²) in [5.74, 6) is -0.233. The van der Waals surface area contributed by atoms with Crippen molar-refractivity contribution in [3.63, 3.8) is 0 Å². The second-order valence-corrected chi connectivity index (χ2v) is 15.7. The van der Waals surface area contributed by atoms with Gasteiger partial charge in [-0.15, -0.1) is 0 Å². The molecule has 58 heavy (non-hydrogen) atoms. The van der Waals surface area contributed by atoms with Crippen molar-refractivity contribution in [3.05, 3.63) is 34.4 Å². The van der Waals surface area contributed by atoms with Gasteiger partial charge in [0.25, 0.3) is 0 Å². The number of carbonyl (C=O) groups is 1. The Morgan fingerprint density at radius 3 is 2.05 bits per heavy atom. The molecule has 1 aliphatic rings. The van der Waals surface area contributed by atoms with Gasteiger partial charge < -0.3 is 45.6 Å². The number of benzene rings is 1. The predicted molar refractivity (Wildman–Crippen MR) is 221 cm³/mol. The van der Waals surface area contributed by atoms with Crippen molar-refractivity contribution in [2.75, 3.05) is 25.1 Å². The van der Waals surface area contributed by atoms with Gasteiger partial charge in [-0.1, -0.05) is 128 Å². The average molecular weight is 822 g/mol. The topological polar surface area (TPSA) is 243 Å². The molecule has 1 fully saturated rings. The van der Waals surface area contributed by atoms with Crippen LogP contribution in [-0.4, -0.2) is 109 Å². The van der Waals surface area contributed by atoms with Gasteiger partial charge in [-0.2, -0.15) is 0 Å².